The van der Waals surface area contributed by atoms with E-state index in [2.05, 4.69) is 28.7 Å². The zero-order chi connectivity index (χ0) is 12.0. The third kappa shape index (κ3) is 5.16. The van der Waals surface area contributed by atoms with Crippen molar-refractivity contribution in [2.24, 2.45) is 10.7 Å². The maximum atomic E-state index is 5.72. The minimum Gasteiger partial charge on any atom is -0.370 e. The second-order valence-corrected chi connectivity index (χ2v) is 4.45. The van der Waals surface area contributed by atoms with Crippen molar-refractivity contribution >= 4 is 5.96 Å². The number of likely N-dealkylation sites (N-methyl/N-ethyl adjacent to an activating group) is 1. The van der Waals surface area contributed by atoms with Gasteiger partial charge in [0.25, 0.3) is 0 Å². The van der Waals surface area contributed by atoms with Gasteiger partial charge in [-0.25, -0.2) is 4.99 Å². The maximum absolute atomic E-state index is 5.72. The van der Waals surface area contributed by atoms with Crippen LogP contribution in [0.1, 0.15) is 26.7 Å². The van der Waals surface area contributed by atoms with E-state index in [1.165, 1.54) is 12.8 Å². The molecule has 4 nitrogen and oxygen atoms in total. The molecule has 1 aliphatic carbocycles. The summed E-state index contributed by atoms with van der Waals surface area (Å²) in [5.41, 5.74) is 6.75. The molecule has 16 heavy (non-hydrogen) atoms. The van der Waals surface area contributed by atoms with Crippen LogP contribution in [0, 0.1) is 0 Å². The molecule has 1 rings (SSSR count). The van der Waals surface area contributed by atoms with Crippen LogP contribution in [0.25, 0.3) is 0 Å². The Hall–Kier alpha value is -1.03. The average Bonchev–Trinajstić information content (AvgIpc) is 3.05. The van der Waals surface area contributed by atoms with Gasteiger partial charge in [0, 0.05) is 19.1 Å². The monoisotopic (exact) mass is 224 g/mol. The molecule has 0 amide bonds. The molecule has 0 heterocycles. The van der Waals surface area contributed by atoms with E-state index in [1.807, 2.05) is 6.92 Å². The molecule has 1 aliphatic rings. The summed E-state index contributed by atoms with van der Waals surface area (Å²) in [5, 5.41) is 3.13. The Morgan fingerprint density at radius 1 is 1.56 bits per heavy atom. The molecule has 0 saturated heterocycles. The predicted molar refractivity (Wildman–Crippen MR) is 69.6 cm³/mol. The van der Waals surface area contributed by atoms with E-state index in [-0.39, 0.29) is 0 Å². The van der Waals surface area contributed by atoms with E-state index in [4.69, 9.17) is 5.73 Å². The first kappa shape index (κ1) is 13.0. The van der Waals surface area contributed by atoms with Crippen molar-refractivity contribution in [2.75, 3.05) is 26.2 Å². The lowest BCUT2D eigenvalue weighted by molar-refractivity contribution is 0.282. The van der Waals surface area contributed by atoms with Crippen LogP contribution in [0.15, 0.2) is 17.1 Å². The third-order valence-electron chi connectivity index (χ3n) is 2.69. The number of hydrogen-bond acceptors (Lipinski definition) is 2. The largest absolute Gasteiger partial charge is 0.370 e. The highest BCUT2D eigenvalue weighted by Crippen LogP contribution is 2.25. The van der Waals surface area contributed by atoms with Gasteiger partial charge in [-0.2, -0.15) is 0 Å². The summed E-state index contributed by atoms with van der Waals surface area (Å²) in [7, 11) is 0. The molecule has 0 aromatic rings. The van der Waals surface area contributed by atoms with E-state index in [9.17, 15) is 0 Å². The van der Waals surface area contributed by atoms with Crippen LogP contribution in [-0.2, 0) is 0 Å². The molecule has 3 N–H and O–H groups in total. The van der Waals surface area contributed by atoms with Gasteiger partial charge in [0.1, 0.15) is 0 Å². The summed E-state index contributed by atoms with van der Waals surface area (Å²) < 4.78 is 0. The Kier molecular flexibility index (Phi) is 5.32. The van der Waals surface area contributed by atoms with Crippen LogP contribution in [0.4, 0.5) is 0 Å². The molecule has 1 fully saturated rings. The zero-order valence-electron chi connectivity index (χ0n) is 10.5. The highest BCUT2D eigenvalue weighted by molar-refractivity contribution is 5.77. The normalized spacial score (nSPS) is 16.6. The Bertz CT molecular complexity index is 256. The van der Waals surface area contributed by atoms with E-state index < -0.39 is 0 Å². The van der Waals surface area contributed by atoms with Crippen molar-refractivity contribution in [2.45, 2.75) is 32.7 Å². The molecule has 4 heteroatoms. The van der Waals surface area contributed by atoms with Crippen LogP contribution in [0.2, 0.25) is 0 Å². The minimum absolute atomic E-state index is 0.523. The first-order valence-corrected chi connectivity index (χ1v) is 6.05. The third-order valence-corrected chi connectivity index (χ3v) is 2.69. The topological polar surface area (TPSA) is 53.6 Å². The number of hydrogen-bond donors (Lipinski definition) is 2. The lowest BCUT2D eigenvalue weighted by atomic mass is 10.4. The Balaban J connectivity index is 2.13. The van der Waals surface area contributed by atoms with Crippen molar-refractivity contribution in [3.05, 3.63) is 12.2 Å². The van der Waals surface area contributed by atoms with E-state index in [0.29, 0.717) is 12.5 Å². The van der Waals surface area contributed by atoms with Gasteiger partial charge in [0.15, 0.2) is 5.96 Å². The van der Waals surface area contributed by atoms with Gasteiger partial charge in [-0.05, 0) is 26.3 Å². The molecule has 0 radical (unpaired) electrons. The molecular weight excluding hydrogens is 200 g/mol. The fourth-order valence-electron chi connectivity index (χ4n) is 1.64. The molecule has 1 saturated carbocycles. The van der Waals surface area contributed by atoms with E-state index >= 15 is 0 Å². The maximum Gasteiger partial charge on any atom is 0.188 e. The Morgan fingerprint density at radius 3 is 2.75 bits per heavy atom. The number of rotatable bonds is 7. The second-order valence-electron chi connectivity index (χ2n) is 4.45. The predicted octanol–water partition coefficient (Wildman–Crippen LogP) is 0.951. The lowest BCUT2D eigenvalue weighted by Gasteiger charge is -2.19. The van der Waals surface area contributed by atoms with Gasteiger partial charge in [0.05, 0.1) is 6.54 Å². The smallest absolute Gasteiger partial charge is 0.188 e. The minimum atomic E-state index is 0.523. The average molecular weight is 224 g/mol. The summed E-state index contributed by atoms with van der Waals surface area (Å²) in [6.07, 6.45) is 2.71. The first-order valence-electron chi connectivity index (χ1n) is 6.05. The molecule has 0 unspecified atom stereocenters. The van der Waals surface area contributed by atoms with Crippen LogP contribution in [-0.4, -0.2) is 43.1 Å². The van der Waals surface area contributed by atoms with Crippen molar-refractivity contribution in [1.29, 1.82) is 0 Å². The summed E-state index contributed by atoms with van der Waals surface area (Å²) in [4.78, 5) is 6.66. The summed E-state index contributed by atoms with van der Waals surface area (Å²) in [6.45, 7) is 11.6. The van der Waals surface area contributed by atoms with Crippen molar-refractivity contribution in [3.8, 4) is 0 Å². The molecular formula is C12H24N4. The summed E-state index contributed by atoms with van der Waals surface area (Å²) >= 11 is 0. The van der Waals surface area contributed by atoms with E-state index in [0.717, 1.165) is 31.2 Å². The number of nitrogens with one attached hydrogen (secondary N) is 1. The number of aliphatic imine (C=N–C) groups is 1. The molecule has 0 atom stereocenters. The quantitative estimate of drug-likeness (QED) is 0.384. The van der Waals surface area contributed by atoms with Gasteiger partial charge in [0.2, 0.25) is 0 Å². The van der Waals surface area contributed by atoms with Crippen molar-refractivity contribution in [1.82, 2.24) is 10.2 Å². The lowest BCUT2D eigenvalue weighted by Crippen LogP contribution is -2.39. The standard InChI is InChI=1S/C12H24N4/c1-4-16(11-5-6-11)8-7-14-12(13)15-9-10(2)3/h11H,2,4-9H2,1,3H3,(H3,13,14,15). The Morgan fingerprint density at radius 2 is 2.25 bits per heavy atom. The number of nitrogens with two attached hydrogens (primary N) is 1. The van der Waals surface area contributed by atoms with Crippen LogP contribution in [0.5, 0.6) is 0 Å². The SMILES string of the molecule is C=C(C)CN=C(N)NCCN(CC)C1CC1. The van der Waals surface area contributed by atoms with Gasteiger partial charge in [-0.1, -0.05) is 19.1 Å². The number of guanidine groups is 1. The molecule has 0 aliphatic heterocycles. The van der Waals surface area contributed by atoms with Crippen molar-refractivity contribution < 1.29 is 0 Å². The molecule has 92 valence electrons. The van der Waals surface area contributed by atoms with Gasteiger partial charge < -0.3 is 11.1 Å². The van der Waals surface area contributed by atoms with Crippen LogP contribution < -0.4 is 11.1 Å². The van der Waals surface area contributed by atoms with Crippen LogP contribution in [0.3, 0.4) is 0 Å². The Labute approximate surface area is 98.6 Å². The van der Waals surface area contributed by atoms with Gasteiger partial charge in [-0.3, -0.25) is 4.90 Å². The summed E-state index contributed by atoms with van der Waals surface area (Å²) in [5.74, 6) is 0.523. The highest BCUT2D eigenvalue weighted by atomic mass is 15.2. The second kappa shape index (κ2) is 6.53. The zero-order valence-corrected chi connectivity index (χ0v) is 10.5. The highest BCUT2D eigenvalue weighted by Gasteiger charge is 2.26. The first-order chi connectivity index (χ1) is 7.63. The molecule has 0 aromatic heterocycles. The van der Waals surface area contributed by atoms with Crippen molar-refractivity contribution in [3.63, 3.8) is 0 Å². The fourth-order valence-corrected chi connectivity index (χ4v) is 1.64. The molecule has 0 bridgehead atoms. The summed E-state index contributed by atoms with van der Waals surface area (Å²) in [6, 6.07) is 0.820. The van der Waals surface area contributed by atoms with Gasteiger partial charge >= 0.3 is 0 Å². The molecule has 0 spiro atoms. The molecule has 0 aromatic carbocycles. The van der Waals surface area contributed by atoms with E-state index in [1.54, 1.807) is 0 Å². The van der Waals surface area contributed by atoms with Gasteiger partial charge in [-0.15, -0.1) is 0 Å². The van der Waals surface area contributed by atoms with Crippen LogP contribution >= 0.6 is 0 Å². The fraction of sp³-hybridized carbons (Fsp3) is 0.750. The number of nitrogens with zero attached hydrogens (tertiary/aromatic N) is 2.